The van der Waals surface area contributed by atoms with Crippen LogP contribution in [0.25, 0.3) is 0 Å². The second-order valence-corrected chi connectivity index (χ2v) is 7.76. The molecule has 2 aromatic carbocycles. The first-order valence-corrected chi connectivity index (χ1v) is 9.25. The van der Waals surface area contributed by atoms with Gasteiger partial charge in [-0.1, -0.05) is 12.1 Å². The number of ether oxygens (including phenoxy) is 2. The molecule has 1 heterocycles. The van der Waals surface area contributed by atoms with Crippen molar-refractivity contribution in [1.29, 1.82) is 0 Å². The van der Waals surface area contributed by atoms with Gasteiger partial charge in [0, 0.05) is 0 Å². The molecule has 2 aromatic rings. The molecule has 0 bridgehead atoms. The number of ketones is 1. The Balaban J connectivity index is 1.66. The number of phenolic OH excluding ortho intramolecular Hbond substituents is 1. The molecule has 0 radical (unpaired) electrons. The number of benzene rings is 2. The number of fused-ring (bicyclic) bond motifs is 1. The standard InChI is InChI=1S/C21H21ClO6/c1-12-7-19-15(9-17(12)23)18(24)10-21(2,28-19)11-27-14-5-3-13(4-6-14)8-16(22)20(25)26/h3-7,9,16,23H,8,10-11H2,1-2H3,(H,25,26). The van der Waals surface area contributed by atoms with Crippen molar-refractivity contribution in [2.75, 3.05) is 6.61 Å². The highest BCUT2D eigenvalue weighted by Gasteiger charge is 2.38. The highest BCUT2D eigenvalue weighted by Crippen LogP contribution is 2.37. The van der Waals surface area contributed by atoms with Crippen LogP contribution in [0.2, 0.25) is 0 Å². The summed E-state index contributed by atoms with van der Waals surface area (Å²) in [7, 11) is 0. The molecule has 1 aliphatic heterocycles. The Hall–Kier alpha value is -2.73. The number of phenols is 1. The van der Waals surface area contributed by atoms with Gasteiger partial charge >= 0.3 is 5.97 Å². The molecular formula is C21H21ClO6. The van der Waals surface area contributed by atoms with Crippen LogP contribution >= 0.6 is 11.6 Å². The number of carbonyl (C=O) groups is 2. The third-order valence-electron chi connectivity index (χ3n) is 4.64. The predicted molar refractivity (Wildman–Crippen MR) is 104 cm³/mol. The topological polar surface area (TPSA) is 93.1 Å². The SMILES string of the molecule is Cc1cc2c(cc1O)C(=O)CC(C)(COc1ccc(CC(Cl)C(=O)O)cc1)O2. The average Bonchev–Trinajstić information content (AvgIpc) is 2.63. The van der Waals surface area contributed by atoms with Crippen LogP contribution in [-0.4, -0.2) is 39.6 Å². The van der Waals surface area contributed by atoms with Crippen molar-refractivity contribution in [1.82, 2.24) is 0 Å². The van der Waals surface area contributed by atoms with Gasteiger partial charge in [0.1, 0.15) is 34.8 Å². The molecule has 3 rings (SSSR count). The molecule has 0 spiro atoms. The minimum atomic E-state index is -1.06. The summed E-state index contributed by atoms with van der Waals surface area (Å²) >= 11 is 5.75. The minimum Gasteiger partial charge on any atom is -0.508 e. The summed E-state index contributed by atoms with van der Waals surface area (Å²) in [5.41, 5.74) is 0.955. The lowest BCUT2D eigenvalue weighted by Crippen LogP contribution is -2.44. The van der Waals surface area contributed by atoms with E-state index in [1.807, 2.05) is 0 Å². The summed E-state index contributed by atoms with van der Waals surface area (Å²) < 4.78 is 11.8. The lowest BCUT2D eigenvalue weighted by atomic mass is 9.91. The number of aryl methyl sites for hydroxylation is 1. The smallest absolute Gasteiger partial charge is 0.321 e. The van der Waals surface area contributed by atoms with E-state index in [9.17, 15) is 14.7 Å². The summed E-state index contributed by atoms with van der Waals surface area (Å²) in [6.45, 7) is 3.70. The summed E-state index contributed by atoms with van der Waals surface area (Å²) in [4.78, 5) is 23.3. The molecule has 0 saturated heterocycles. The van der Waals surface area contributed by atoms with Crippen molar-refractivity contribution >= 4 is 23.4 Å². The van der Waals surface area contributed by atoms with E-state index in [1.54, 1.807) is 44.2 Å². The van der Waals surface area contributed by atoms with Crippen LogP contribution in [0.5, 0.6) is 17.2 Å². The Bertz CT molecular complexity index is 908. The number of Topliss-reactive ketones (excluding diaryl/α,β-unsaturated/α-hetero) is 1. The Morgan fingerprint density at radius 2 is 2.00 bits per heavy atom. The lowest BCUT2D eigenvalue weighted by molar-refractivity contribution is -0.136. The number of alkyl halides is 1. The van der Waals surface area contributed by atoms with E-state index in [4.69, 9.17) is 26.2 Å². The van der Waals surface area contributed by atoms with E-state index in [1.165, 1.54) is 6.07 Å². The molecule has 1 aliphatic rings. The largest absolute Gasteiger partial charge is 0.508 e. The maximum absolute atomic E-state index is 12.5. The number of halogens is 1. The first-order chi connectivity index (χ1) is 13.2. The average molecular weight is 405 g/mol. The fourth-order valence-corrected chi connectivity index (χ4v) is 3.22. The van der Waals surface area contributed by atoms with E-state index in [0.717, 1.165) is 5.56 Å². The number of hydrogen-bond acceptors (Lipinski definition) is 5. The van der Waals surface area contributed by atoms with Gasteiger partial charge in [-0.3, -0.25) is 9.59 Å². The van der Waals surface area contributed by atoms with E-state index < -0.39 is 16.9 Å². The first kappa shape index (κ1) is 20.0. The molecule has 0 aromatic heterocycles. The third-order valence-corrected chi connectivity index (χ3v) is 4.98. The molecule has 0 fully saturated rings. The third kappa shape index (κ3) is 4.39. The lowest BCUT2D eigenvalue weighted by Gasteiger charge is -2.34. The fraction of sp³-hybridized carbons (Fsp3) is 0.333. The van der Waals surface area contributed by atoms with Crippen molar-refractivity contribution < 1.29 is 29.3 Å². The number of carboxylic acids is 1. The highest BCUT2D eigenvalue weighted by molar-refractivity contribution is 6.29. The summed E-state index contributed by atoms with van der Waals surface area (Å²) in [5, 5.41) is 17.7. The number of carbonyl (C=O) groups excluding carboxylic acids is 1. The van der Waals surface area contributed by atoms with Crippen molar-refractivity contribution in [2.24, 2.45) is 0 Å². The van der Waals surface area contributed by atoms with Crippen LogP contribution < -0.4 is 9.47 Å². The molecule has 148 valence electrons. The van der Waals surface area contributed by atoms with Gasteiger partial charge in [-0.05, 0) is 55.7 Å². The minimum absolute atomic E-state index is 0.0673. The molecule has 2 atom stereocenters. The quantitative estimate of drug-likeness (QED) is 0.712. The number of aromatic hydroxyl groups is 1. The van der Waals surface area contributed by atoms with E-state index in [-0.39, 0.29) is 31.0 Å². The van der Waals surface area contributed by atoms with Gasteiger partial charge in [0.2, 0.25) is 0 Å². The van der Waals surface area contributed by atoms with Gasteiger partial charge in [0.05, 0.1) is 12.0 Å². The second-order valence-electron chi connectivity index (χ2n) is 7.23. The molecule has 0 saturated carbocycles. The van der Waals surface area contributed by atoms with Crippen molar-refractivity contribution in [2.45, 2.75) is 37.7 Å². The monoisotopic (exact) mass is 404 g/mol. The normalized spacial score (nSPS) is 19.5. The summed E-state index contributed by atoms with van der Waals surface area (Å²) in [5.74, 6) is -0.0830. The van der Waals surface area contributed by atoms with Crippen molar-refractivity contribution in [3.05, 3.63) is 53.1 Å². The summed E-state index contributed by atoms with van der Waals surface area (Å²) in [6.07, 6.45) is 0.350. The first-order valence-electron chi connectivity index (χ1n) is 8.81. The van der Waals surface area contributed by atoms with Crippen LogP contribution in [0.1, 0.15) is 34.8 Å². The van der Waals surface area contributed by atoms with E-state index >= 15 is 0 Å². The molecule has 28 heavy (non-hydrogen) atoms. The van der Waals surface area contributed by atoms with E-state index in [2.05, 4.69) is 0 Å². The van der Waals surface area contributed by atoms with Crippen LogP contribution in [0.4, 0.5) is 0 Å². The van der Waals surface area contributed by atoms with Gasteiger partial charge in [-0.25, -0.2) is 0 Å². The molecule has 2 unspecified atom stereocenters. The molecular weight excluding hydrogens is 384 g/mol. The number of rotatable bonds is 6. The number of hydrogen-bond donors (Lipinski definition) is 2. The predicted octanol–water partition coefficient (Wildman–Crippen LogP) is 3.74. The maximum Gasteiger partial charge on any atom is 0.321 e. The van der Waals surface area contributed by atoms with Crippen LogP contribution in [-0.2, 0) is 11.2 Å². The Kier molecular flexibility index (Phi) is 5.52. The van der Waals surface area contributed by atoms with Gasteiger partial charge < -0.3 is 19.7 Å². The Labute approximate surface area is 167 Å². The van der Waals surface area contributed by atoms with E-state index in [0.29, 0.717) is 22.6 Å². The van der Waals surface area contributed by atoms with Gasteiger partial charge in [0.15, 0.2) is 5.78 Å². The number of carboxylic acid groups (broad SMARTS) is 1. The van der Waals surface area contributed by atoms with Crippen molar-refractivity contribution in [3.8, 4) is 17.2 Å². The number of aliphatic carboxylic acids is 1. The second kappa shape index (κ2) is 7.72. The fourth-order valence-electron chi connectivity index (χ4n) is 3.04. The Morgan fingerprint density at radius 3 is 2.64 bits per heavy atom. The van der Waals surface area contributed by atoms with Crippen LogP contribution in [0.3, 0.4) is 0 Å². The summed E-state index contributed by atoms with van der Waals surface area (Å²) in [6, 6.07) is 10.1. The van der Waals surface area contributed by atoms with Gasteiger partial charge in [-0.2, -0.15) is 0 Å². The molecule has 0 amide bonds. The maximum atomic E-state index is 12.5. The molecule has 6 nitrogen and oxygen atoms in total. The van der Waals surface area contributed by atoms with Gasteiger partial charge in [0.25, 0.3) is 0 Å². The molecule has 0 aliphatic carbocycles. The molecule has 7 heteroatoms. The van der Waals surface area contributed by atoms with Gasteiger partial charge in [-0.15, -0.1) is 11.6 Å². The highest BCUT2D eigenvalue weighted by atomic mass is 35.5. The molecule has 2 N–H and O–H groups in total. The zero-order chi connectivity index (χ0) is 20.5. The van der Waals surface area contributed by atoms with Crippen LogP contribution in [0.15, 0.2) is 36.4 Å². The zero-order valence-corrected chi connectivity index (χ0v) is 16.3. The Morgan fingerprint density at radius 1 is 1.32 bits per heavy atom. The zero-order valence-electron chi connectivity index (χ0n) is 15.6. The van der Waals surface area contributed by atoms with Crippen molar-refractivity contribution in [3.63, 3.8) is 0 Å². The van der Waals surface area contributed by atoms with Crippen LogP contribution in [0, 0.1) is 6.92 Å².